The molecular formula is C57H37NS3. The number of para-hydroxylation sites is 1. The van der Waals surface area contributed by atoms with Gasteiger partial charge in [-0.2, -0.15) is 0 Å². The Balaban J connectivity index is 1.04. The van der Waals surface area contributed by atoms with Gasteiger partial charge in [0.25, 0.3) is 0 Å². The van der Waals surface area contributed by atoms with Gasteiger partial charge in [-0.15, -0.1) is 34.0 Å². The summed E-state index contributed by atoms with van der Waals surface area (Å²) in [6, 6.07) is 49.8. The van der Waals surface area contributed by atoms with E-state index in [2.05, 4.69) is 183 Å². The van der Waals surface area contributed by atoms with Crippen LogP contribution in [0.2, 0.25) is 0 Å². The topological polar surface area (TPSA) is 3.24 Å². The van der Waals surface area contributed by atoms with Gasteiger partial charge < -0.3 is 4.90 Å². The minimum absolute atomic E-state index is 0.186. The number of hydrogen-bond donors (Lipinski definition) is 0. The zero-order valence-corrected chi connectivity index (χ0v) is 36.6. The molecule has 10 aromatic rings. The highest BCUT2D eigenvalue weighted by Crippen LogP contribution is 2.68. The molecule has 7 aromatic carbocycles. The molecule has 1 aliphatic heterocycles. The summed E-state index contributed by atoms with van der Waals surface area (Å²) < 4.78 is 2.68. The Labute approximate surface area is 366 Å². The number of anilines is 3. The van der Waals surface area contributed by atoms with E-state index in [1.54, 1.807) is 0 Å². The van der Waals surface area contributed by atoms with Gasteiger partial charge >= 0.3 is 0 Å². The third kappa shape index (κ3) is 3.72. The number of fused-ring (bicyclic) bond motifs is 18. The van der Waals surface area contributed by atoms with Crippen LogP contribution < -0.4 is 4.90 Å². The third-order valence-electron chi connectivity index (χ3n) is 15.3. The summed E-state index contributed by atoms with van der Waals surface area (Å²) in [5.41, 5.74) is 22.5. The smallest absolute Gasteiger partial charge is 0.0742 e. The van der Waals surface area contributed by atoms with Gasteiger partial charge in [0.05, 0.1) is 22.5 Å². The van der Waals surface area contributed by atoms with Crippen LogP contribution in [-0.2, 0) is 16.2 Å². The predicted octanol–water partition coefficient (Wildman–Crippen LogP) is 16.6. The monoisotopic (exact) mass is 831 g/mol. The summed E-state index contributed by atoms with van der Waals surface area (Å²) in [6.07, 6.45) is 4.65. The summed E-state index contributed by atoms with van der Waals surface area (Å²) in [7, 11) is 0. The van der Waals surface area contributed by atoms with E-state index in [1.807, 2.05) is 34.0 Å². The fourth-order valence-corrected chi connectivity index (χ4v) is 16.2. The molecule has 0 saturated heterocycles. The van der Waals surface area contributed by atoms with Crippen molar-refractivity contribution in [3.63, 3.8) is 0 Å². The van der Waals surface area contributed by atoms with Gasteiger partial charge in [0.15, 0.2) is 0 Å². The average molecular weight is 832 g/mol. The molecule has 1 spiro atoms. The van der Waals surface area contributed by atoms with Crippen LogP contribution in [0.1, 0.15) is 83.3 Å². The van der Waals surface area contributed by atoms with Crippen LogP contribution in [0.15, 0.2) is 138 Å². The van der Waals surface area contributed by atoms with Gasteiger partial charge in [0.2, 0.25) is 0 Å². The number of nitrogens with zero attached hydrogens (tertiary/aromatic N) is 1. The molecule has 4 aliphatic carbocycles. The highest BCUT2D eigenvalue weighted by Gasteiger charge is 2.54. The van der Waals surface area contributed by atoms with Crippen LogP contribution >= 0.6 is 34.0 Å². The van der Waals surface area contributed by atoms with Crippen LogP contribution in [0.25, 0.3) is 75.1 Å². The second-order valence-corrected chi connectivity index (χ2v) is 21.7. The lowest BCUT2D eigenvalue weighted by molar-refractivity contribution is 0.630. The van der Waals surface area contributed by atoms with E-state index in [1.165, 1.54) is 136 Å². The number of rotatable bonds is 1. The lowest BCUT2D eigenvalue weighted by atomic mass is 9.60. The molecule has 0 bridgehead atoms. The van der Waals surface area contributed by atoms with Crippen molar-refractivity contribution in [3.05, 3.63) is 194 Å². The highest BCUT2D eigenvalue weighted by molar-refractivity contribution is 7.25. The molecule has 288 valence electrons. The van der Waals surface area contributed by atoms with Crippen LogP contribution in [0.5, 0.6) is 0 Å². The third-order valence-corrected chi connectivity index (χ3v) is 18.5. The Hall–Kier alpha value is -6.04. The number of hydrogen-bond acceptors (Lipinski definition) is 4. The maximum Gasteiger partial charge on any atom is 0.0742 e. The van der Waals surface area contributed by atoms with E-state index in [4.69, 9.17) is 0 Å². The number of benzene rings is 7. The van der Waals surface area contributed by atoms with E-state index < -0.39 is 0 Å². The van der Waals surface area contributed by atoms with Gasteiger partial charge in [-0.3, -0.25) is 0 Å². The average Bonchev–Trinajstić information content (AvgIpc) is 4.13. The number of thiophene rings is 3. The summed E-state index contributed by atoms with van der Waals surface area (Å²) in [5.74, 6) is 0. The van der Waals surface area contributed by atoms with Gasteiger partial charge in [0.1, 0.15) is 0 Å². The normalized spacial score (nSPS) is 16.8. The molecule has 0 radical (unpaired) electrons. The van der Waals surface area contributed by atoms with Crippen LogP contribution in [0.4, 0.5) is 17.1 Å². The molecular weight excluding hydrogens is 795 g/mol. The first-order chi connectivity index (χ1) is 29.8. The van der Waals surface area contributed by atoms with Crippen molar-refractivity contribution in [2.45, 2.75) is 43.9 Å². The second kappa shape index (κ2) is 10.9. The fourth-order valence-electron chi connectivity index (χ4n) is 12.9. The minimum Gasteiger partial charge on any atom is -0.309 e. The van der Waals surface area contributed by atoms with Crippen molar-refractivity contribution in [3.8, 4) is 32.0 Å². The van der Waals surface area contributed by atoms with Gasteiger partial charge in [-0.05, 0) is 142 Å². The summed E-state index contributed by atoms with van der Waals surface area (Å²) in [4.78, 5) is 5.50. The molecule has 0 atom stereocenters. The molecule has 4 heteroatoms. The van der Waals surface area contributed by atoms with E-state index in [0.717, 1.165) is 0 Å². The van der Waals surface area contributed by atoms with Crippen molar-refractivity contribution in [1.82, 2.24) is 0 Å². The van der Waals surface area contributed by atoms with E-state index in [9.17, 15) is 0 Å². The lowest BCUT2D eigenvalue weighted by Crippen LogP contribution is -2.33. The summed E-state index contributed by atoms with van der Waals surface area (Å²) in [6.45, 7) is 9.87. The molecule has 61 heavy (non-hydrogen) atoms. The van der Waals surface area contributed by atoms with Crippen molar-refractivity contribution < 1.29 is 0 Å². The molecule has 0 unspecified atom stereocenters. The largest absolute Gasteiger partial charge is 0.309 e. The van der Waals surface area contributed by atoms with E-state index in [0.29, 0.717) is 0 Å². The van der Waals surface area contributed by atoms with Crippen molar-refractivity contribution in [1.29, 1.82) is 0 Å². The zero-order chi connectivity index (χ0) is 40.3. The lowest BCUT2D eigenvalue weighted by Gasteiger charge is -2.44. The minimum atomic E-state index is -0.387. The Kier molecular flexibility index (Phi) is 6.00. The fraction of sp³-hybridized carbons (Fsp3) is 0.123. The quantitative estimate of drug-likeness (QED) is 0.159. The first-order valence-corrected chi connectivity index (χ1v) is 24.0. The SMILES string of the molecule is CC1(C)c2ccccc2N(c2cccc3c2C(C)(C)c2c-3ccc3c2-c2ccc4c5c(ccc(c25)C32c3ccsc3-c3sccc32)C=C4)c2cc3sc4ccccc4c3cc21. The molecule has 5 aliphatic rings. The van der Waals surface area contributed by atoms with Gasteiger partial charge in [-0.25, -0.2) is 0 Å². The van der Waals surface area contributed by atoms with Crippen LogP contribution in [0.3, 0.4) is 0 Å². The van der Waals surface area contributed by atoms with E-state index in [-0.39, 0.29) is 16.2 Å². The zero-order valence-electron chi connectivity index (χ0n) is 34.1. The van der Waals surface area contributed by atoms with Gasteiger partial charge in [0, 0.05) is 40.8 Å². The van der Waals surface area contributed by atoms with Crippen molar-refractivity contribution in [2.24, 2.45) is 0 Å². The molecule has 1 nitrogen and oxygen atoms in total. The Bertz CT molecular complexity index is 3680. The molecule has 4 heterocycles. The molecule has 15 rings (SSSR count). The Morgan fingerprint density at radius 3 is 1.95 bits per heavy atom. The standard InChI is InChI=1S/C57H37NS3/c1-55(2)37-12-6-7-13-43(37)58(45-29-47-36(28-42(45)55)32-10-5-8-15-46(32)61-47)44-14-9-11-33-34-21-23-39-50(52(34)56(3,4)51(33)44)35-20-18-30-16-17-31-19-22-38(49(35)48(30)31)57(39)40-24-26-59-53(40)54-41(57)25-27-60-54/h5-29H,1-4H3. The van der Waals surface area contributed by atoms with Crippen molar-refractivity contribution >= 4 is 94.2 Å². The molecule has 0 fully saturated rings. The highest BCUT2D eigenvalue weighted by atomic mass is 32.1. The summed E-state index contributed by atoms with van der Waals surface area (Å²) >= 11 is 5.73. The molecule has 0 N–H and O–H groups in total. The molecule has 3 aromatic heterocycles. The summed E-state index contributed by atoms with van der Waals surface area (Å²) in [5, 5.41) is 10.2. The maximum atomic E-state index is 2.63. The van der Waals surface area contributed by atoms with Crippen LogP contribution in [0, 0.1) is 0 Å². The second-order valence-electron chi connectivity index (χ2n) is 18.7. The first kappa shape index (κ1) is 33.7. The van der Waals surface area contributed by atoms with Crippen LogP contribution in [-0.4, -0.2) is 0 Å². The predicted molar refractivity (Wildman–Crippen MR) is 262 cm³/mol. The van der Waals surface area contributed by atoms with E-state index >= 15 is 0 Å². The van der Waals surface area contributed by atoms with Crippen molar-refractivity contribution in [2.75, 3.05) is 4.90 Å². The molecule has 0 saturated carbocycles. The Morgan fingerprint density at radius 1 is 0.443 bits per heavy atom. The Morgan fingerprint density at radius 2 is 1.13 bits per heavy atom. The molecule has 0 amide bonds. The van der Waals surface area contributed by atoms with Gasteiger partial charge in [-0.1, -0.05) is 125 Å². The maximum absolute atomic E-state index is 2.63. The first-order valence-electron chi connectivity index (χ1n) is 21.4.